The van der Waals surface area contributed by atoms with Crippen molar-refractivity contribution >= 4 is 17.5 Å². The van der Waals surface area contributed by atoms with Crippen molar-refractivity contribution in [1.82, 2.24) is 10.3 Å². The minimum Gasteiger partial charge on any atom is -0.467 e. The van der Waals surface area contributed by atoms with Crippen molar-refractivity contribution in [1.29, 1.82) is 0 Å². The van der Waals surface area contributed by atoms with Crippen LogP contribution in [0.1, 0.15) is 33.4 Å². The van der Waals surface area contributed by atoms with Crippen LogP contribution >= 0.6 is 0 Å². The summed E-state index contributed by atoms with van der Waals surface area (Å²) < 4.78 is 5.61. The van der Waals surface area contributed by atoms with E-state index in [9.17, 15) is 9.59 Å². The molecule has 160 valence electrons. The van der Waals surface area contributed by atoms with Gasteiger partial charge >= 0.3 is 0 Å². The van der Waals surface area contributed by atoms with E-state index in [2.05, 4.69) is 10.3 Å². The SMILES string of the molecule is Cc1ccc(N(C(=O)c2ccccn2)C(C(=O)NCc2ccccc2)c2ccco2)cc1. The Kier molecular flexibility index (Phi) is 6.41. The molecule has 0 fully saturated rings. The van der Waals surface area contributed by atoms with E-state index in [0.717, 1.165) is 11.1 Å². The topological polar surface area (TPSA) is 75.4 Å². The number of furan rings is 1. The van der Waals surface area contributed by atoms with Crippen LogP contribution in [0.2, 0.25) is 0 Å². The Balaban J connectivity index is 1.73. The predicted octanol–water partition coefficient (Wildman–Crippen LogP) is 4.69. The molecule has 1 unspecified atom stereocenters. The Bertz CT molecular complexity index is 1160. The molecule has 0 aliphatic carbocycles. The summed E-state index contributed by atoms with van der Waals surface area (Å²) >= 11 is 0. The molecule has 6 heteroatoms. The normalized spacial score (nSPS) is 11.5. The summed E-state index contributed by atoms with van der Waals surface area (Å²) in [6.45, 7) is 2.29. The molecule has 2 aromatic heterocycles. The zero-order valence-corrected chi connectivity index (χ0v) is 17.6. The molecule has 0 radical (unpaired) electrons. The molecule has 0 aliphatic heterocycles. The maximum absolute atomic E-state index is 13.6. The van der Waals surface area contributed by atoms with Gasteiger partial charge < -0.3 is 9.73 Å². The van der Waals surface area contributed by atoms with Gasteiger partial charge in [0.25, 0.3) is 11.8 Å². The first-order valence-electron chi connectivity index (χ1n) is 10.3. The zero-order chi connectivity index (χ0) is 22.3. The summed E-state index contributed by atoms with van der Waals surface area (Å²) in [6, 6.07) is 24.5. The van der Waals surface area contributed by atoms with Gasteiger partial charge in [-0.2, -0.15) is 0 Å². The van der Waals surface area contributed by atoms with E-state index >= 15 is 0 Å². The van der Waals surface area contributed by atoms with E-state index < -0.39 is 11.9 Å². The number of aromatic nitrogens is 1. The van der Waals surface area contributed by atoms with Crippen molar-refractivity contribution in [2.45, 2.75) is 19.5 Å². The van der Waals surface area contributed by atoms with Gasteiger partial charge in [-0.05, 0) is 48.9 Å². The highest BCUT2D eigenvalue weighted by Gasteiger charge is 2.35. The van der Waals surface area contributed by atoms with Crippen LogP contribution < -0.4 is 10.2 Å². The number of hydrogen-bond donors (Lipinski definition) is 1. The molecule has 0 aliphatic rings. The van der Waals surface area contributed by atoms with Crippen LogP contribution in [-0.2, 0) is 11.3 Å². The Labute approximate surface area is 186 Å². The van der Waals surface area contributed by atoms with Crippen molar-refractivity contribution in [3.05, 3.63) is 120 Å². The molecular weight excluding hydrogens is 402 g/mol. The lowest BCUT2D eigenvalue weighted by atomic mass is 10.1. The molecule has 4 aromatic rings. The lowest BCUT2D eigenvalue weighted by Crippen LogP contribution is -2.44. The average molecular weight is 425 g/mol. The first-order chi connectivity index (χ1) is 15.6. The number of rotatable bonds is 7. The second-order valence-corrected chi connectivity index (χ2v) is 7.35. The first kappa shape index (κ1) is 21.1. The average Bonchev–Trinajstić information content (AvgIpc) is 3.37. The number of carbonyl (C=O) groups is 2. The van der Waals surface area contributed by atoms with Crippen LogP contribution in [0.15, 0.2) is 102 Å². The largest absolute Gasteiger partial charge is 0.467 e. The van der Waals surface area contributed by atoms with Gasteiger partial charge in [-0.15, -0.1) is 0 Å². The van der Waals surface area contributed by atoms with Crippen LogP contribution in [0.3, 0.4) is 0 Å². The highest BCUT2D eigenvalue weighted by Crippen LogP contribution is 2.30. The Morgan fingerprint density at radius 2 is 1.69 bits per heavy atom. The highest BCUT2D eigenvalue weighted by molar-refractivity contribution is 6.08. The third kappa shape index (κ3) is 4.75. The van der Waals surface area contributed by atoms with E-state index in [-0.39, 0.29) is 11.6 Å². The number of hydrogen-bond acceptors (Lipinski definition) is 4. The second-order valence-electron chi connectivity index (χ2n) is 7.35. The smallest absolute Gasteiger partial charge is 0.277 e. The summed E-state index contributed by atoms with van der Waals surface area (Å²) in [5, 5.41) is 2.94. The van der Waals surface area contributed by atoms with Crippen molar-refractivity contribution in [3.8, 4) is 0 Å². The monoisotopic (exact) mass is 425 g/mol. The molecule has 32 heavy (non-hydrogen) atoms. The predicted molar refractivity (Wildman–Crippen MR) is 122 cm³/mol. The van der Waals surface area contributed by atoms with Gasteiger partial charge in [0.1, 0.15) is 11.5 Å². The summed E-state index contributed by atoms with van der Waals surface area (Å²) in [7, 11) is 0. The van der Waals surface area contributed by atoms with Gasteiger partial charge in [-0.25, -0.2) is 0 Å². The second kappa shape index (κ2) is 9.75. The summed E-state index contributed by atoms with van der Waals surface area (Å²) in [4.78, 5) is 32.7. The van der Waals surface area contributed by atoms with E-state index in [0.29, 0.717) is 18.0 Å². The zero-order valence-electron chi connectivity index (χ0n) is 17.6. The lowest BCUT2D eigenvalue weighted by Gasteiger charge is -2.29. The molecule has 1 atom stereocenters. The van der Waals surface area contributed by atoms with Crippen LogP contribution in [-0.4, -0.2) is 16.8 Å². The summed E-state index contributed by atoms with van der Waals surface area (Å²) in [5.41, 5.74) is 2.81. The number of nitrogens with one attached hydrogen (secondary N) is 1. The summed E-state index contributed by atoms with van der Waals surface area (Å²) in [6.07, 6.45) is 3.04. The van der Waals surface area contributed by atoms with Crippen LogP contribution in [0.4, 0.5) is 5.69 Å². The summed E-state index contributed by atoms with van der Waals surface area (Å²) in [5.74, 6) is -0.389. The molecule has 6 nitrogen and oxygen atoms in total. The fraction of sp³-hybridized carbons (Fsp3) is 0.115. The molecule has 0 bridgehead atoms. The van der Waals surface area contributed by atoms with Crippen molar-refractivity contribution in [2.24, 2.45) is 0 Å². The van der Waals surface area contributed by atoms with E-state index in [1.54, 1.807) is 36.5 Å². The van der Waals surface area contributed by atoms with Gasteiger partial charge in [-0.1, -0.05) is 54.1 Å². The molecule has 2 aromatic carbocycles. The highest BCUT2D eigenvalue weighted by atomic mass is 16.3. The number of aryl methyl sites for hydroxylation is 1. The molecular formula is C26H23N3O3. The molecule has 4 rings (SSSR count). The fourth-order valence-electron chi connectivity index (χ4n) is 3.40. The maximum atomic E-state index is 13.6. The van der Waals surface area contributed by atoms with Gasteiger partial charge in [-0.3, -0.25) is 19.5 Å². The fourth-order valence-corrected chi connectivity index (χ4v) is 3.40. The number of pyridine rings is 1. The van der Waals surface area contributed by atoms with E-state index in [1.165, 1.54) is 11.2 Å². The lowest BCUT2D eigenvalue weighted by molar-refractivity contribution is -0.123. The van der Waals surface area contributed by atoms with Crippen molar-refractivity contribution in [3.63, 3.8) is 0 Å². The number of amides is 2. The minimum atomic E-state index is -1.01. The molecule has 0 spiro atoms. The molecule has 0 saturated carbocycles. The van der Waals surface area contributed by atoms with Crippen molar-refractivity contribution in [2.75, 3.05) is 4.90 Å². The number of benzene rings is 2. The Morgan fingerprint density at radius 1 is 0.938 bits per heavy atom. The van der Waals surface area contributed by atoms with Gasteiger partial charge in [0.15, 0.2) is 6.04 Å². The first-order valence-corrected chi connectivity index (χ1v) is 10.3. The Hall–Kier alpha value is -4.19. The number of carbonyl (C=O) groups excluding carboxylic acids is 2. The van der Waals surface area contributed by atoms with Crippen LogP contribution in [0.25, 0.3) is 0 Å². The molecule has 2 amide bonds. The van der Waals surface area contributed by atoms with Crippen molar-refractivity contribution < 1.29 is 14.0 Å². The van der Waals surface area contributed by atoms with E-state index in [1.807, 2.05) is 61.5 Å². The van der Waals surface area contributed by atoms with Gasteiger partial charge in [0, 0.05) is 18.4 Å². The maximum Gasteiger partial charge on any atom is 0.277 e. The molecule has 2 heterocycles. The molecule has 1 N–H and O–H groups in total. The standard InChI is InChI=1S/C26H23N3O3/c1-19-12-14-21(15-13-19)29(26(31)22-10-5-6-16-27-22)24(23-11-7-17-32-23)25(30)28-18-20-8-3-2-4-9-20/h2-17,24H,18H2,1H3,(H,28,30). The van der Waals surface area contributed by atoms with Crippen LogP contribution in [0.5, 0.6) is 0 Å². The van der Waals surface area contributed by atoms with Crippen LogP contribution in [0, 0.1) is 6.92 Å². The van der Waals surface area contributed by atoms with Gasteiger partial charge in [0.05, 0.1) is 6.26 Å². The Morgan fingerprint density at radius 3 is 2.34 bits per heavy atom. The molecule has 0 saturated heterocycles. The van der Waals surface area contributed by atoms with Gasteiger partial charge in [0.2, 0.25) is 0 Å². The minimum absolute atomic E-state index is 0.237. The quantitative estimate of drug-likeness (QED) is 0.466. The number of anilines is 1. The third-order valence-corrected chi connectivity index (χ3v) is 5.04. The van der Waals surface area contributed by atoms with E-state index in [4.69, 9.17) is 4.42 Å². The third-order valence-electron chi connectivity index (χ3n) is 5.04. The number of nitrogens with zero attached hydrogens (tertiary/aromatic N) is 2.